The van der Waals surface area contributed by atoms with Gasteiger partial charge in [-0.2, -0.15) is 0 Å². The SMILES string of the molecule is CCC(CC(=O)NC(CC)(CC)C(=O)O)NC(=O)OCC1c2ccccc2-c2ccccc21. The fraction of sp³-hybridized carbons (Fsp3) is 0.423. The van der Waals surface area contributed by atoms with E-state index in [1.807, 2.05) is 31.2 Å². The minimum Gasteiger partial charge on any atom is -0.480 e. The molecule has 0 spiro atoms. The van der Waals surface area contributed by atoms with Gasteiger partial charge >= 0.3 is 12.1 Å². The third kappa shape index (κ3) is 5.18. The summed E-state index contributed by atoms with van der Waals surface area (Å²) >= 11 is 0. The minimum atomic E-state index is -1.29. The van der Waals surface area contributed by atoms with Crippen molar-refractivity contribution >= 4 is 18.0 Å². The van der Waals surface area contributed by atoms with Gasteiger partial charge in [0.05, 0.1) is 0 Å². The molecule has 3 rings (SSSR count). The van der Waals surface area contributed by atoms with Crippen LogP contribution >= 0.6 is 0 Å². The first-order valence-corrected chi connectivity index (χ1v) is 11.5. The summed E-state index contributed by atoms with van der Waals surface area (Å²) in [6.45, 7) is 5.50. The highest BCUT2D eigenvalue weighted by Gasteiger charge is 2.36. The summed E-state index contributed by atoms with van der Waals surface area (Å²) in [6, 6.07) is 15.7. The van der Waals surface area contributed by atoms with Crippen LogP contribution in [0.2, 0.25) is 0 Å². The Hall–Kier alpha value is -3.35. The zero-order valence-corrected chi connectivity index (χ0v) is 19.4. The number of ether oxygens (including phenoxy) is 1. The van der Waals surface area contributed by atoms with Crippen LogP contribution < -0.4 is 10.6 Å². The molecule has 2 aromatic carbocycles. The molecule has 0 saturated carbocycles. The molecule has 0 saturated heterocycles. The second-order valence-corrected chi connectivity index (χ2v) is 8.42. The molecule has 0 aliphatic heterocycles. The van der Waals surface area contributed by atoms with Gasteiger partial charge in [-0.15, -0.1) is 0 Å². The Morgan fingerprint density at radius 3 is 2.00 bits per heavy atom. The molecule has 0 aromatic heterocycles. The highest BCUT2D eigenvalue weighted by Crippen LogP contribution is 2.44. The van der Waals surface area contributed by atoms with Gasteiger partial charge in [-0.3, -0.25) is 4.79 Å². The molecule has 1 aliphatic rings. The summed E-state index contributed by atoms with van der Waals surface area (Å²) in [7, 11) is 0. The molecule has 0 bridgehead atoms. The Morgan fingerprint density at radius 2 is 1.52 bits per heavy atom. The third-order valence-corrected chi connectivity index (χ3v) is 6.59. The van der Waals surface area contributed by atoms with Crippen molar-refractivity contribution < 1.29 is 24.2 Å². The lowest BCUT2D eigenvalue weighted by Crippen LogP contribution is -2.54. The van der Waals surface area contributed by atoms with Gasteiger partial charge in [0.2, 0.25) is 5.91 Å². The normalized spacial score (nSPS) is 13.5. The number of aliphatic carboxylic acids is 1. The number of benzene rings is 2. The molecule has 0 radical (unpaired) electrons. The zero-order valence-electron chi connectivity index (χ0n) is 19.4. The standard InChI is InChI=1S/C26H32N2O5/c1-4-17(15-23(29)28-26(5-2,6-3)24(30)31)27-25(32)33-16-22-20-13-9-7-11-18(20)19-12-8-10-14-21(19)22/h7-14,17,22H,4-6,15-16H2,1-3H3,(H,27,32)(H,28,29)(H,30,31). The number of nitrogens with one attached hydrogen (secondary N) is 2. The summed E-state index contributed by atoms with van der Waals surface area (Å²) in [5, 5.41) is 14.9. The van der Waals surface area contributed by atoms with Gasteiger partial charge < -0.3 is 20.5 Å². The van der Waals surface area contributed by atoms with E-state index in [1.165, 1.54) is 0 Å². The number of fused-ring (bicyclic) bond motifs is 3. The Morgan fingerprint density at radius 1 is 0.970 bits per heavy atom. The van der Waals surface area contributed by atoms with Gasteiger partial charge in [0.1, 0.15) is 12.1 Å². The Balaban J connectivity index is 1.59. The minimum absolute atomic E-state index is 0.0181. The first kappa shape index (κ1) is 24.3. The maximum absolute atomic E-state index is 12.5. The van der Waals surface area contributed by atoms with Crippen molar-refractivity contribution in [2.24, 2.45) is 0 Å². The number of carbonyl (C=O) groups is 3. The fourth-order valence-corrected chi connectivity index (χ4v) is 4.43. The summed E-state index contributed by atoms with van der Waals surface area (Å²) < 4.78 is 5.56. The molecular formula is C26H32N2O5. The largest absolute Gasteiger partial charge is 0.480 e. The molecule has 2 amide bonds. The van der Waals surface area contributed by atoms with Crippen molar-refractivity contribution in [3.63, 3.8) is 0 Å². The lowest BCUT2D eigenvalue weighted by Gasteiger charge is -2.29. The van der Waals surface area contributed by atoms with Crippen LogP contribution in [0, 0.1) is 0 Å². The summed E-state index contributed by atoms with van der Waals surface area (Å²) in [6.07, 6.45) is 0.459. The molecule has 2 aromatic rings. The fourth-order valence-electron chi connectivity index (χ4n) is 4.43. The number of rotatable bonds is 10. The molecule has 7 heteroatoms. The molecule has 0 fully saturated rings. The predicted octanol–water partition coefficient (Wildman–Crippen LogP) is 4.45. The number of carboxylic acids is 1. The summed E-state index contributed by atoms with van der Waals surface area (Å²) in [4.78, 5) is 36.7. The second kappa shape index (κ2) is 10.5. The lowest BCUT2D eigenvalue weighted by atomic mass is 9.92. The quantitative estimate of drug-likeness (QED) is 0.494. The van der Waals surface area contributed by atoms with Gasteiger partial charge in [-0.05, 0) is 41.5 Å². The van der Waals surface area contributed by atoms with E-state index in [0.717, 1.165) is 22.3 Å². The number of amides is 2. The maximum atomic E-state index is 12.5. The van der Waals surface area contributed by atoms with Crippen molar-refractivity contribution in [2.75, 3.05) is 6.61 Å². The van der Waals surface area contributed by atoms with Crippen LogP contribution in [0.5, 0.6) is 0 Å². The molecular weight excluding hydrogens is 420 g/mol. The highest BCUT2D eigenvalue weighted by atomic mass is 16.5. The van der Waals surface area contributed by atoms with Gasteiger partial charge in [-0.25, -0.2) is 9.59 Å². The average Bonchev–Trinajstić information content (AvgIpc) is 3.14. The van der Waals surface area contributed by atoms with E-state index in [2.05, 4.69) is 34.9 Å². The van der Waals surface area contributed by atoms with E-state index in [4.69, 9.17) is 4.74 Å². The Kier molecular flexibility index (Phi) is 7.74. The molecule has 1 aliphatic carbocycles. The average molecular weight is 453 g/mol. The van der Waals surface area contributed by atoms with E-state index in [1.54, 1.807) is 13.8 Å². The zero-order chi connectivity index (χ0) is 24.0. The topological polar surface area (TPSA) is 105 Å². The van der Waals surface area contributed by atoms with Crippen molar-refractivity contribution in [3.8, 4) is 11.1 Å². The molecule has 33 heavy (non-hydrogen) atoms. The van der Waals surface area contributed by atoms with Crippen LogP contribution in [-0.4, -0.2) is 41.3 Å². The van der Waals surface area contributed by atoms with Crippen molar-refractivity contribution in [2.45, 2.75) is 64.0 Å². The Labute approximate surface area is 194 Å². The molecule has 0 heterocycles. The number of hydrogen-bond donors (Lipinski definition) is 3. The van der Waals surface area contributed by atoms with Crippen LogP contribution in [0.3, 0.4) is 0 Å². The number of carbonyl (C=O) groups excluding carboxylic acids is 2. The monoisotopic (exact) mass is 452 g/mol. The molecule has 1 atom stereocenters. The summed E-state index contributed by atoms with van der Waals surface area (Å²) in [5.41, 5.74) is 3.26. The smallest absolute Gasteiger partial charge is 0.407 e. The number of alkyl carbamates (subject to hydrolysis) is 1. The predicted molar refractivity (Wildman–Crippen MR) is 126 cm³/mol. The van der Waals surface area contributed by atoms with Crippen LogP contribution in [0.15, 0.2) is 48.5 Å². The van der Waals surface area contributed by atoms with Gasteiger partial charge in [0.25, 0.3) is 0 Å². The summed E-state index contributed by atoms with van der Waals surface area (Å²) in [5.74, 6) is -1.51. The van der Waals surface area contributed by atoms with E-state index >= 15 is 0 Å². The van der Waals surface area contributed by atoms with Crippen molar-refractivity contribution in [1.29, 1.82) is 0 Å². The third-order valence-electron chi connectivity index (χ3n) is 6.59. The molecule has 7 nitrogen and oxygen atoms in total. The first-order valence-electron chi connectivity index (χ1n) is 11.5. The van der Waals surface area contributed by atoms with E-state index in [-0.39, 0.29) is 31.8 Å². The maximum Gasteiger partial charge on any atom is 0.407 e. The van der Waals surface area contributed by atoms with Gasteiger partial charge in [0.15, 0.2) is 0 Å². The molecule has 176 valence electrons. The van der Waals surface area contributed by atoms with Crippen molar-refractivity contribution in [1.82, 2.24) is 10.6 Å². The second-order valence-electron chi connectivity index (χ2n) is 8.42. The molecule has 1 unspecified atom stereocenters. The van der Waals surface area contributed by atoms with Crippen LogP contribution in [0.1, 0.15) is 63.5 Å². The van der Waals surface area contributed by atoms with E-state index in [9.17, 15) is 19.5 Å². The van der Waals surface area contributed by atoms with Crippen LogP contribution in [0.4, 0.5) is 4.79 Å². The van der Waals surface area contributed by atoms with Crippen molar-refractivity contribution in [3.05, 3.63) is 59.7 Å². The first-order chi connectivity index (χ1) is 15.8. The Bertz CT molecular complexity index is 970. The van der Waals surface area contributed by atoms with Gasteiger partial charge in [-0.1, -0.05) is 69.3 Å². The van der Waals surface area contributed by atoms with E-state index in [0.29, 0.717) is 6.42 Å². The molecule has 3 N–H and O–H groups in total. The number of hydrogen-bond acceptors (Lipinski definition) is 4. The lowest BCUT2D eigenvalue weighted by molar-refractivity contribution is -0.148. The van der Waals surface area contributed by atoms with Gasteiger partial charge in [0, 0.05) is 18.4 Å². The highest BCUT2D eigenvalue weighted by molar-refractivity contribution is 5.87. The number of carboxylic acid groups (broad SMARTS) is 1. The van der Waals surface area contributed by atoms with Crippen LogP contribution in [-0.2, 0) is 14.3 Å². The van der Waals surface area contributed by atoms with Crippen LogP contribution in [0.25, 0.3) is 11.1 Å². The van der Waals surface area contributed by atoms with E-state index < -0.39 is 29.6 Å².